The average Bonchev–Trinajstić information content (AvgIpc) is 2.06. The molecule has 0 spiro atoms. The topological polar surface area (TPSA) is 55.1 Å². The van der Waals surface area contributed by atoms with Crippen molar-refractivity contribution in [3.63, 3.8) is 0 Å². The summed E-state index contributed by atoms with van der Waals surface area (Å²) < 4.78 is 14.1. The number of anilines is 1. The molecular weight excluding hydrogens is 172 g/mol. The molecule has 0 saturated carbocycles. The molecule has 1 aromatic rings. The van der Waals surface area contributed by atoms with Crippen molar-refractivity contribution in [3.05, 3.63) is 24.3 Å². The highest BCUT2D eigenvalue weighted by molar-refractivity contribution is 7.83. The predicted octanol–water partition coefficient (Wildman–Crippen LogP) is 0.901. The number of hydrogen-bond donors (Lipinski definition) is 2. The van der Waals surface area contributed by atoms with Crippen molar-refractivity contribution in [2.75, 3.05) is 12.3 Å². The van der Waals surface area contributed by atoms with Crippen LogP contribution in [0.15, 0.2) is 29.2 Å². The fourth-order valence-corrected chi connectivity index (χ4v) is 1.62. The third kappa shape index (κ3) is 2.32. The van der Waals surface area contributed by atoms with E-state index >= 15 is 0 Å². The molecule has 0 bridgehead atoms. The van der Waals surface area contributed by atoms with Crippen LogP contribution in [-0.4, -0.2) is 10.8 Å². The molecule has 1 rings (SSSR count). The molecule has 66 valence electrons. The second kappa shape index (κ2) is 4.23. The molecule has 0 aliphatic carbocycles. The third-order valence-electron chi connectivity index (χ3n) is 1.37. The van der Waals surface area contributed by atoms with Crippen LogP contribution in [0.4, 0.5) is 5.69 Å². The van der Waals surface area contributed by atoms with Gasteiger partial charge in [-0.05, 0) is 24.3 Å². The van der Waals surface area contributed by atoms with Crippen molar-refractivity contribution in [1.29, 1.82) is 0 Å². The predicted molar refractivity (Wildman–Crippen MR) is 50.9 cm³/mol. The summed E-state index contributed by atoms with van der Waals surface area (Å²) in [5, 5.41) is 0. The third-order valence-corrected chi connectivity index (χ3v) is 2.62. The van der Waals surface area contributed by atoms with Gasteiger partial charge in [0.1, 0.15) is 11.0 Å². The van der Waals surface area contributed by atoms with Gasteiger partial charge in [-0.2, -0.15) is 0 Å². The van der Waals surface area contributed by atoms with E-state index in [4.69, 9.17) is 5.73 Å². The van der Waals surface area contributed by atoms with Crippen molar-refractivity contribution in [2.45, 2.75) is 11.8 Å². The van der Waals surface area contributed by atoms with E-state index in [0.29, 0.717) is 12.2 Å². The van der Waals surface area contributed by atoms with Gasteiger partial charge in [0.05, 0.1) is 4.90 Å². The SMILES string of the molecule is CCNS(=O)c1ccc(N)cc1. The first-order chi connectivity index (χ1) is 5.74. The van der Waals surface area contributed by atoms with Crippen molar-refractivity contribution in [1.82, 2.24) is 4.72 Å². The van der Waals surface area contributed by atoms with Crippen molar-refractivity contribution >= 4 is 16.7 Å². The molecule has 0 aliphatic heterocycles. The van der Waals surface area contributed by atoms with E-state index in [1.807, 2.05) is 6.92 Å². The first-order valence-electron chi connectivity index (χ1n) is 3.75. The lowest BCUT2D eigenvalue weighted by molar-refractivity contribution is 0.674. The number of hydrogen-bond acceptors (Lipinski definition) is 2. The summed E-state index contributed by atoms with van der Waals surface area (Å²) in [6, 6.07) is 7.00. The zero-order chi connectivity index (χ0) is 8.97. The van der Waals surface area contributed by atoms with Gasteiger partial charge >= 0.3 is 0 Å². The van der Waals surface area contributed by atoms with Gasteiger partial charge in [-0.1, -0.05) is 6.92 Å². The number of rotatable bonds is 3. The van der Waals surface area contributed by atoms with E-state index in [1.165, 1.54) is 0 Å². The molecule has 1 unspecified atom stereocenters. The summed E-state index contributed by atoms with van der Waals surface area (Å²) in [5.74, 6) is 0. The lowest BCUT2D eigenvalue weighted by Gasteiger charge is -2.01. The van der Waals surface area contributed by atoms with Crippen LogP contribution in [0.25, 0.3) is 0 Å². The van der Waals surface area contributed by atoms with Gasteiger partial charge in [0, 0.05) is 12.2 Å². The normalized spacial score (nSPS) is 12.8. The summed E-state index contributed by atoms with van der Waals surface area (Å²) in [4.78, 5) is 0.756. The molecule has 4 heteroatoms. The molecular formula is C8H12N2OS. The monoisotopic (exact) mass is 184 g/mol. The summed E-state index contributed by atoms with van der Waals surface area (Å²) >= 11 is 0. The summed E-state index contributed by atoms with van der Waals surface area (Å²) in [5.41, 5.74) is 6.17. The van der Waals surface area contributed by atoms with Gasteiger partial charge in [-0.3, -0.25) is 0 Å². The first kappa shape index (κ1) is 9.22. The maximum absolute atomic E-state index is 11.3. The molecule has 0 heterocycles. The Balaban J connectivity index is 2.75. The fourth-order valence-electron chi connectivity index (χ4n) is 0.806. The Morgan fingerprint density at radius 2 is 2.00 bits per heavy atom. The van der Waals surface area contributed by atoms with Crippen LogP contribution in [-0.2, 0) is 11.0 Å². The lowest BCUT2D eigenvalue weighted by Crippen LogP contribution is -2.16. The van der Waals surface area contributed by atoms with Crippen molar-refractivity contribution in [3.8, 4) is 0 Å². The zero-order valence-corrected chi connectivity index (χ0v) is 7.73. The molecule has 1 atom stereocenters. The van der Waals surface area contributed by atoms with E-state index < -0.39 is 11.0 Å². The molecule has 3 N–H and O–H groups in total. The summed E-state index contributed by atoms with van der Waals surface area (Å²) in [6.45, 7) is 2.60. The Morgan fingerprint density at radius 3 is 2.50 bits per heavy atom. The molecule has 0 saturated heterocycles. The first-order valence-corrected chi connectivity index (χ1v) is 4.90. The minimum absolute atomic E-state index is 0.687. The van der Waals surface area contributed by atoms with Crippen LogP contribution < -0.4 is 10.5 Å². The van der Waals surface area contributed by atoms with Gasteiger partial charge in [-0.25, -0.2) is 8.93 Å². The Bertz CT molecular complexity index is 271. The van der Waals surface area contributed by atoms with Crippen LogP contribution in [0.2, 0.25) is 0 Å². The molecule has 0 aliphatic rings. The zero-order valence-electron chi connectivity index (χ0n) is 6.91. The van der Waals surface area contributed by atoms with Crippen LogP contribution in [0.3, 0.4) is 0 Å². The van der Waals surface area contributed by atoms with Gasteiger partial charge in [0.15, 0.2) is 0 Å². The van der Waals surface area contributed by atoms with Crippen LogP contribution >= 0.6 is 0 Å². The van der Waals surface area contributed by atoms with Gasteiger partial charge in [0.2, 0.25) is 0 Å². The molecule has 0 amide bonds. The van der Waals surface area contributed by atoms with Gasteiger partial charge < -0.3 is 5.73 Å². The highest BCUT2D eigenvalue weighted by Crippen LogP contribution is 2.07. The second-order valence-corrected chi connectivity index (χ2v) is 3.63. The fraction of sp³-hybridized carbons (Fsp3) is 0.250. The molecule has 0 fully saturated rings. The summed E-state index contributed by atoms with van der Waals surface area (Å²) in [6.07, 6.45) is 0. The maximum atomic E-state index is 11.3. The van der Waals surface area contributed by atoms with E-state index in [9.17, 15) is 4.21 Å². The largest absolute Gasteiger partial charge is 0.399 e. The standard InChI is InChI=1S/C8H12N2OS/c1-2-10-12(11)8-5-3-7(9)4-6-8/h3-6,10H,2,9H2,1H3. The van der Waals surface area contributed by atoms with Gasteiger partial charge in [0.25, 0.3) is 0 Å². The Labute approximate surface area is 74.6 Å². The van der Waals surface area contributed by atoms with E-state index in [1.54, 1.807) is 24.3 Å². The van der Waals surface area contributed by atoms with E-state index in [-0.39, 0.29) is 0 Å². The molecule has 0 radical (unpaired) electrons. The van der Waals surface area contributed by atoms with E-state index in [0.717, 1.165) is 4.90 Å². The Morgan fingerprint density at radius 1 is 1.42 bits per heavy atom. The van der Waals surface area contributed by atoms with Crippen LogP contribution in [0.1, 0.15) is 6.92 Å². The number of nitrogen functional groups attached to an aromatic ring is 1. The summed E-state index contributed by atoms with van der Waals surface area (Å²) in [7, 11) is -1.10. The van der Waals surface area contributed by atoms with Crippen molar-refractivity contribution < 1.29 is 4.21 Å². The van der Waals surface area contributed by atoms with E-state index in [2.05, 4.69) is 4.72 Å². The molecule has 12 heavy (non-hydrogen) atoms. The number of nitrogens with one attached hydrogen (secondary N) is 1. The Hall–Kier alpha value is -0.870. The number of nitrogens with two attached hydrogens (primary N) is 1. The molecule has 3 nitrogen and oxygen atoms in total. The molecule has 1 aromatic carbocycles. The molecule has 0 aromatic heterocycles. The highest BCUT2D eigenvalue weighted by atomic mass is 32.2. The quantitative estimate of drug-likeness (QED) is 0.686. The van der Waals surface area contributed by atoms with Crippen molar-refractivity contribution in [2.24, 2.45) is 0 Å². The average molecular weight is 184 g/mol. The maximum Gasteiger partial charge on any atom is 0.124 e. The lowest BCUT2D eigenvalue weighted by atomic mass is 10.3. The van der Waals surface area contributed by atoms with Crippen LogP contribution in [0, 0.1) is 0 Å². The van der Waals surface area contributed by atoms with Gasteiger partial charge in [-0.15, -0.1) is 0 Å². The Kier molecular flexibility index (Phi) is 3.25. The minimum atomic E-state index is -1.10. The van der Waals surface area contributed by atoms with Crippen LogP contribution in [0.5, 0.6) is 0 Å². The smallest absolute Gasteiger partial charge is 0.124 e. The second-order valence-electron chi connectivity index (χ2n) is 2.34. The minimum Gasteiger partial charge on any atom is -0.399 e. The highest BCUT2D eigenvalue weighted by Gasteiger charge is 1.99. The number of benzene rings is 1.